The molecule has 0 amide bonds. The van der Waals surface area contributed by atoms with Crippen LogP contribution in [0.1, 0.15) is 28.4 Å². The van der Waals surface area contributed by atoms with E-state index in [-0.39, 0.29) is 0 Å². The van der Waals surface area contributed by atoms with E-state index < -0.39 is 5.97 Å². The molecule has 0 saturated heterocycles. The molecule has 2 aromatic rings. The van der Waals surface area contributed by atoms with E-state index in [4.69, 9.17) is 5.11 Å². The van der Waals surface area contributed by atoms with Crippen molar-refractivity contribution in [1.82, 2.24) is 0 Å². The summed E-state index contributed by atoms with van der Waals surface area (Å²) in [5.74, 6) is -0.902. The molecule has 0 bridgehead atoms. The zero-order valence-electron chi connectivity index (χ0n) is 12.1. The van der Waals surface area contributed by atoms with E-state index >= 15 is 0 Å². The lowest BCUT2D eigenvalue weighted by Gasteiger charge is -2.05. The van der Waals surface area contributed by atoms with Crippen molar-refractivity contribution < 1.29 is 9.90 Å². The third-order valence-corrected chi connectivity index (χ3v) is 3.28. The van der Waals surface area contributed by atoms with Crippen molar-refractivity contribution in [3.8, 4) is 0 Å². The van der Waals surface area contributed by atoms with Gasteiger partial charge < -0.3 is 10.4 Å². The van der Waals surface area contributed by atoms with Crippen molar-refractivity contribution >= 4 is 23.7 Å². The number of rotatable bonds is 5. The van der Waals surface area contributed by atoms with Gasteiger partial charge >= 0.3 is 5.97 Å². The van der Waals surface area contributed by atoms with E-state index in [0.29, 0.717) is 12.0 Å². The molecule has 108 valence electrons. The first-order valence-electron chi connectivity index (χ1n) is 6.82. The van der Waals surface area contributed by atoms with Crippen molar-refractivity contribution in [2.75, 3.05) is 5.32 Å². The van der Waals surface area contributed by atoms with Crippen LogP contribution in [0.4, 0.5) is 11.4 Å². The van der Waals surface area contributed by atoms with Crippen LogP contribution < -0.4 is 5.32 Å². The van der Waals surface area contributed by atoms with Crippen molar-refractivity contribution in [3.05, 3.63) is 59.2 Å². The molecule has 0 aliphatic rings. The summed E-state index contributed by atoms with van der Waals surface area (Å²) in [5, 5.41) is 12.2. The van der Waals surface area contributed by atoms with Gasteiger partial charge in [-0.2, -0.15) is 0 Å². The van der Waals surface area contributed by atoms with E-state index in [2.05, 4.69) is 10.3 Å². The lowest BCUT2D eigenvalue weighted by Crippen LogP contribution is -2.01. The van der Waals surface area contributed by atoms with E-state index in [9.17, 15) is 4.79 Å². The van der Waals surface area contributed by atoms with Crippen LogP contribution >= 0.6 is 0 Å². The normalized spacial score (nSPS) is 10.8. The average Bonchev–Trinajstić information content (AvgIpc) is 2.48. The van der Waals surface area contributed by atoms with Crippen molar-refractivity contribution in [2.45, 2.75) is 20.3 Å². The lowest BCUT2D eigenvalue weighted by molar-refractivity contribution is 0.0696. The molecule has 0 spiro atoms. The molecule has 4 heteroatoms. The minimum absolute atomic E-state index is 0.336. The molecular formula is C17H18N2O2. The highest BCUT2D eigenvalue weighted by molar-refractivity contribution is 5.90. The Morgan fingerprint density at radius 3 is 2.71 bits per heavy atom. The number of benzene rings is 2. The van der Waals surface area contributed by atoms with Crippen LogP contribution in [-0.4, -0.2) is 17.4 Å². The quantitative estimate of drug-likeness (QED) is 0.643. The second kappa shape index (κ2) is 6.70. The molecule has 0 fully saturated rings. The van der Waals surface area contributed by atoms with Crippen molar-refractivity contribution in [1.29, 1.82) is 0 Å². The minimum Gasteiger partial charge on any atom is -0.478 e. The third kappa shape index (κ3) is 3.69. The number of carboxylic acids is 1. The first-order valence-corrected chi connectivity index (χ1v) is 6.82. The molecule has 0 aliphatic carbocycles. The Morgan fingerprint density at radius 2 is 2.05 bits per heavy atom. The Morgan fingerprint density at radius 1 is 1.29 bits per heavy atom. The Bertz CT molecular complexity index is 678. The fourth-order valence-corrected chi connectivity index (χ4v) is 2.07. The number of anilines is 1. The molecule has 2 aromatic carbocycles. The zero-order valence-corrected chi connectivity index (χ0v) is 12.1. The molecule has 0 atom stereocenters. The van der Waals surface area contributed by atoms with Gasteiger partial charge in [-0.15, -0.1) is 0 Å². The Labute approximate surface area is 124 Å². The van der Waals surface area contributed by atoms with Gasteiger partial charge in [-0.05, 0) is 48.7 Å². The first-order chi connectivity index (χ1) is 10.1. The van der Waals surface area contributed by atoms with E-state index in [1.54, 1.807) is 24.5 Å². The maximum absolute atomic E-state index is 11.1. The van der Waals surface area contributed by atoms with Crippen molar-refractivity contribution in [3.63, 3.8) is 0 Å². The first kappa shape index (κ1) is 14.8. The molecule has 4 nitrogen and oxygen atoms in total. The van der Waals surface area contributed by atoms with Gasteiger partial charge in [-0.1, -0.05) is 25.1 Å². The number of para-hydroxylation sites is 1. The topological polar surface area (TPSA) is 61.7 Å². The van der Waals surface area contributed by atoms with Crippen LogP contribution in [0.15, 0.2) is 47.5 Å². The van der Waals surface area contributed by atoms with Gasteiger partial charge in [0.25, 0.3) is 0 Å². The number of carboxylic acid groups (broad SMARTS) is 1. The summed E-state index contributed by atoms with van der Waals surface area (Å²) < 4.78 is 0. The Hall–Kier alpha value is -2.62. The summed E-state index contributed by atoms with van der Waals surface area (Å²) in [6.45, 7) is 3.95. The zero-order chi connectivity index (χ0) is 15.2. The van der Waals surface area contributed by atoms with Gasteiger partial charge in [0.15, 0.2) is 0 Å². The summed E-state index contributed by atoms with van der Waals surface area (Å²) >= 11 is 0. The predicted molar refractivity (Wildman–Crippen MR) is 85.7 cm³/mol. The summed E-state index contributed by atoms with van der Waals surface area (Å²) in [6, 6.07) is 13.1. The molecule has 2 rings (SSSR count). The molecule has 0 saturated carbocycles. The van der Waals surface area contributed by atoms with Gasteiger partial charge in [0.2, 0.25) is 0 Å². The highest BCUT2D eigenvalue weighted by Gasteiger charge is 2.08. The molecule has 0 radical (unpaired) electrons. The summed E-state index contributed by atoms with van der Waals surface area (Å²) in [6.07, 6.45) is 2.29. The molecular weight excluding hydrogens is 264 g/mol. The second-order valence-corrected chi connectivity index (χ2v) is 4.72. The highest BCUT2D eigenvalue weighted by Crippen LogP contribution is 2.19. The molecule has 2 N–H and O–H groups in total. The van der Waals surface area contributed by atoms with Crippen LogP contribution in [0.3, 0.4) is 0 Å². The SMILES string of the molecule is CCc1cc(N=CNc2ccccc2C)ccc1C(=O)O. The van der Waals surface area contributed by atoms with Gasteiger partial charge in [-0.3, -0.25) is 0 Å². The van der Waals surface area contributed by atoms with Crippen LogP contribution in [0.25, 0.3) is 0 Å². The number of aliphatic imine (C=N–C) groups is 1. The number of nitrogens with one attached hydrogen (secondary N) is 1. The van der Waals surface area contributed by atoms with E-state index in [0.717, 1.165) is 22.5 Å². The summed E-state index contributed by atoms with van der Waals surface area (Å²) in [4.78, 5) is 15.4. The highest BCUT2D eigenvalue weighted by atomic mass is 16.4. The Balaban J connectivity index is 2.15. The van der Waals surface area contributed by atoms with Crippen molar-refractivity contribution in [2.24, 2.45) is 4.99 Å². The average molecular weight is 282 g/mol. The monoisotopic (exact) mass is 282 g/mol. The molecule has 0 aromatic heterocycles. The minimum atomic E-state index is -0.902. The molecule has 0 heterocycles. The molecule has 0 aliphatic heterocycles. The van der Waals surface area contributed by atoms with Crippen LogP contribution in [0.5, 0.6) is 0 Å². The predicted octanol–water partition coefficient (Wildman–Crippen LogP) is 4.03. The maximum atomic E-state index is 11.1. The van der Waals surface area contributed by atoms with Gasteiger partial charge in [0.05, 0.1) is 17.6 Å². The second-order valence-electron chi connectivity index (χ2n) is 4.72. The summed E-state index contributed by atoms with van der Waals surface area (Å²) in [7, 11) is 0. The number of carbonyl (C=O) groups is 1. The number of nitrogens with zero attached hydrogens (tertiary/aromatic N) is 1. The number of hydrogen-bond donors (Lipinski definition) is 2. The van der Waals surface area contributed by atoms with Gasteiger partial charge in [0.1, 0.15) is 0 Å². The van der Waals surface area contributed by atoms with E-state index in [1.807, 2.05) is 38.1 Å². The molecule has 21 heavy (non-hydrogen) atoms. The van der Waals surface area contributed by atoms with Gasteiger partial charge in [0, 0.05) is 5.69 Å². The van der Waals surface area contributed by atoms with Crippen LogP contribution in [-0.2, 0) is 6.42 Å². The maximum Gasteiger partial charge on any atom is 0.335 e. The smallest absolute Gasteiger partial charge is 0.335 e. The Kier molecular flexibility index (Phi) is 4.72. The fraction of sp³-hybridized carbons (Fsp3) is 0.176. The van der Waals surface area contributed by atoms with Crippen LogP contribution in [0.2, 0.25) is 0 Å². The third-order valence-electron chi connectivity index (χ3n) is 3.28. The summed E-state index contributed by atoms with van der Waals surface area (Å²) in [5.41, 5.74) is 3.99. The van der Waals surface area contributed by atoms with E-state index in [1.165, 1.54) is 0 Å². The fourth-order valence-electron chi connectivity index (χ4n) is 2.07. The number of hydrogen-bond acceptors (Lipinski definition) is 2. The molecule has 0 unspecified atom stereocenters. The largest absolute Gasteiger partial charge is 0.478 e. The standard InChI is InChI=1S/C17H18N2O2/c1-3-13-10-14(8-9-15(13)17(20)21)18-11-19-16-7-5-4-6-12(16)2/h4-11H,3H2,1-2H3,(H,18,19)(H,20,21). The van der Waals surface area contributed by atoms with Gasteiger partial charge in [-0.25, -0.2) is 9.79 Å². The number of aryl methyl sites for hydroxylation is 2. The lowest BCUT2D eigenvalue weighted by atomic mass is 10.0. The number of aromatic carboxylic acids is 1. The van der Waals surface area contributed by atoms with Crippen LogP contribution in [0, 0.1) is 6.92 Å².